The van der Waals surface area contributed by atoms with Gasteiger partial charge in [-0.05, 0) is 20.8 Å². The van der Waals surface area contributed by atoms with E-state index in [1.165, 1.54) is 13.2 Å². The summed E-state index contributed by atoms with van der Waals surface area (Å²) in [6.45, 7) is 5.41. The van der Waals surface area contributed by atoms with Crippen LogP contribution < -0.4 is 14.8 Å². The average molecular weight is 269 g/mol. The number of ether oxygens (including phenoxy) is 3. The van der Waals surface area contributed by atoms with E-state index < -0.39 is 11.7 Å². The fourth-order valence-electron chi connectivity index (χ4n) is 1.11. The lowest BCUT2D eigenvalue weighted by Gasteiger charge is -2.19. The van der Waals surface area contributed by atoms with Crippen LogP contribution >= 0.6 is 0 Å². The molecule has 0 spiro atoms. The van der Waals surface area contributed by atoms with Gasteiger partial charge in [-0.15, -0.1) is 10.2 Å². The minimum atomic E-state index is -0.673. The lowest BCUT2D eigenvalue weighted by molar-refractivity contribution is -0.121. The standard InChI is InChI=1S/C11H15N3O5/c1-11(2,3)19-10(16)12-8-5-7(17-4)9(14-13-8)18-6-15/h5-6H,1-4H3,(H,12,13,16). The van der Waals surface area contributed by atoms with Gasteiger partial charge >= 0.3 is 6.09 Å². The molecular formula is C11H15N3O5. The Morgan fingerprint density at radius 2 is 2.05 bits per heavy atom. The van der Waals surface area contributed by atoms with E-state index in [1.807, 2.05) is 0 Å². The maximum Gasteiger partial charge on any atom is 0.413 e. The first kappa shape index (κ1) is 14.7. The van der Waals surface area contributed by atoms with E-state index in [9.17, 15) is 9.59 Å². The first-order valence-corrected chi connectivity index (χ1v) is 5.37. The quantitative estimate of drug-likeness (QED) is 0.824. The Labute approximate surface area is 110 Å². The third kappa shape index (κ3) is 4.78. The van der Waals surface area contributed by atoms with E-state index in [2.05, 4.69) is 20.3 Å². The van der Waals surface area contributed by atoms with Gasteiger partial charge in [0.25, 0.3) is 12.4 Å². The summed E-state index contributed by atoms with van der Waals surface area (Å²) >= 11 is 0. The molecule has 0 aliphatic heterocycles. The molecule has 0 atom stereocenters. The lowest BCUT2D eigenvalue weighted by Crippen LogP contribution is -2.27. The van der Waals surface area contributed by atoms with Crippen molar-refractivity contribution in [2.45, 2.75) is 26.4 Å². The second kappa shape index (κ2) is 5.98. The summed E-state index contributed by atoms with van der Waals surface area (Å²) in [6, 6.07) is 1.36. The molecule has 1 rings (SSSR count). The first-order chi connectivity index (χ1) is 8.85. The van der Waals surface area contributed by atoms with E-state index in [4.69, 9.17) is 9.47 Å². The average Bonchev–Trinajstić information content (AvgIpc) is 2.28. The monoisotopic (exact) mass is 269 g/mol. The van der Waals surface area contributed by atoms with Crippen LogP contribution in [0.2, 0.25) is 0 Å². The molecule has 0 aliphatic rings. The Kier molecular flexibility index (Phi) is 4.62. The molecule has 19 heavy (non-hydrogen) atoms. The number of aromatic nitrogens is 2. The van der Waals surface area contributed by atoms with E-state index >= 15 is 0 Å². The van der Waals surface area contributed by atoms with Crippen LogP contribution in [0.5, 0.6) is 11.6 Å². The summed E-state index contributed by atoms with van der Waals surface area (Å²) in [5, 5.41) is 9.62. The highest BCUT2D eigenvalue weighted by Gasteiger charge is 2.17. The largest absolute Gasteiger partial charge is 0.491 e. The fourth-order valence-corrected chi connectivity index (χ4v) is 1.11. The molecule has 1 aromatic rings. The Morgan fingerprint density at radius 3 is 2.58 bits per heavy atom. The van der Waals surface area contributed by atoms with Crippen molar-refractivity contribution in [2.75, 3.05) is 12.4 Å². The van der Waals surface area contributed by atoms with Crippen LogP contribution in [0.15, 0.2) is 6.07 Å². The molecule has 0 radical (unpaired) electrons. The maximum absolute atomic E-state index is 11.5. The van der Waals surface area contributed by atoms with Crippen molar-refractivity contribution in [3.63, 3.8) is 0 Å². The number of nitrogens with zero attached hydrogens (tertiary/aromatic N) is 2. The molecule has 8 nitrogen and oxygen atoms in total. The van der Waals surface area contributed by atoms with Crippen LogP contribution in [-0.2, 0) is 9.53 Å². The molecule has 1 heterocycles. The van der Waals surface area contributed by atoms with Crippen molar-refractivity contribution in [3.8, 4) is 11.6 Å². The SMILES string of the molecule is COc1cc(NC(=O)OC(C)(C)C)nnc1OC=O. The zero-order chi connectivity index (χ0) is 14.5. The zero-order valence-electron chi connectivity index (χ0n) is 11.1. The fraction of sp³-hybridized carbons (Fsp3) is 0.455. The van der Waals surface area contributed by atoms with Gasteiger partial charge < -0.3 is 14.2 Å². The van der Waals surface area contributed by atoms with E-state index in [0.717, 1.165) is 0 Å². The molecule has 0 aliphatic carbocycles. The summed E-state index contributed by atoms with van der Waals surface area (Å²) in [4.78, 5) is 21.7. The summed E-state index contributed by atoms with van der Waals surface area (Å²) in [7, 11) is 1.37. The van der Waals surface area contributed by atoms with Crippen molar-refractivity contribution < 1.29 is 23.8 Å². The van der Waals surface area contributed by atoms with Gasteiger partial charge in [-0.2, -0.15) is 0 Å². The highest BCUT2D eigenvalue weighted by Crippen LogP contribution is 2.25. The topological polar surface area (TPSA) is 99.6 Å². The lowest BCUT2D eigenvalue weighted by atomic mass is 10.2. The summed E-state index contributed by atoms with van der Waals surface area (Å²) in [6.07, 6.45) is -0.673. The van der Waals surface area contributed by atoms with E-state index in [1.54, 1.807) is 20.8 Å². The van der Waals surface area contributed by atoms with Gasteiger partial charge in [0.2, 0.25) is 0 Å². The Bertz CT molecular complexity index is 470. The minimum absolute atomic E-state index is 0.0905. The number of carbonyl (C=O) groups excluding carboxylic acids is 2. The van der Waals surface area contributed by atoms with Crippen LogP contribution in [-0.4, -0.2) is 35.5 Å². The van der Waals surface area contributed by atoms with Gasteiger partial charge in [-0.3, -0.25) is 10.1 Å². The number of methoxy groups -OCH3 is 1. The predicted molar refractivity (Wildman–Crippen MR) is 65.1 cm³/mol. The van der Waals surface area contributed by atoms with Crippen molar-refractivity contribution in [1.82, 2.24) is 10.2 Å². The van der Waals surface area contributed by atoms with Gasteiger partial charge in [0.05, 0.1) is 7.11 Å². The molecule has 8 heteroatoms. The van der Waals surface area contributed by atoms with Gasteiger partial charge in [0, 0.05) is 6.07 Å². The van der Waals surface area contributed by atoms with Crippen LogP contribution in [0.1, 0.15) is 20.8 Å². The zero-order valence-corrected chi connectivity index (χ0v) is 11.1. The summed E-state index contributed by atoms with van der Waals surface area (Å²) in [5.74, 6) is 0.185. The van der Waals surface area contributed by atoms with Crippen LogP contribution in [0.3, 0.4) is 0 Å². The number of hydrogen-bond acceptors (Lipinski definition) is 7. The molecule has 104 valence electrons. The number of amides is 1. The third-order valence-corrected chi connectivity index (χ3v) is 1.74. The van der Waals surface area contributed by atoms with Crippen LogP contribution in [0, 0.1) is 0 Å². The number of rotatable bonds is 4. The second-order valence-electron chi connectivity index (χ2n) is 4.44. The van der Waals surface area contributed by atoms with Gasteiger partial charge in [-0.1, -0.05) is 0 Å². The van der Waals surface area contributed by atoms with Crippen molar-refractivity contribution in [1.29, 1.82) is 0 Å². The van der Waals surface area contributed by atoms with E-state index in [0.29, 0.717) is 0 Å². The van der Waals surface area contributed by atoms with Crippen molar-refractivity contribution >= 4 is 18.4 Å². The van der Waals surface area contributed by atoms with Gasteiger partial charge in [-0.25, -0.2) is 4.79 Å². The molecular weight excluding hydrogens is 254 g/mol. The molecule has 0 saturated carbocycles. The molecule has 0 unspecified atom stereocenters. The smallest absolute Gasteiger partial charge is 0.413 e. The number of carbonyl (C=O) groups is 2. The van der Waals surface area contributed by atoms with E-state index in [-0.39, 0.29) is 23.9 Å². The number of anilines is 1. The molecule has 0 aromatic carbocycles. The van der Waals surface area contributed by atoms with Gasteiger partial charge in [0.1, 0.15) is 5.60 Å². The normalized spacial score (nSPS) is 10.5. The van der Waals surface area contributed by atoms with Crippen molar-refractivity contribution in [3.05, 3.63) is 6.07 Å². The van der Waals surface area contributed by atoms with Crippen LogP contribution in [0.4, 0.5) is 10.6 Å². The first-order valence-electron chi connectivity index (χ1n) is 5.37. The van der Waals surface area contributed by atoms with Crippen LogP contribution in [0.25, 0.3) is 0 Å². The Hall–Kier alpha value is -2.38. The Morgan fingerprint density at radius 1 is 1.37 bits per heavy atom. The minimum Gasteiger partial charge on any atom is -0.491 e. The van der Waals surface area contributed by atoms with Crippen molar-refractivity contribution in [2.24, 2.45) is 0 Å². The highest BCUT2D eigenvalue weighted by molar-refractivity contribution is 5.83. The molecule has 0 bridgehead atoms. The highest BCUT2D eigenvalue weighted by atomic mass is 16.6. The molecule has 0 fully saturated rings. The molecule has 1 aromatic heterocycles. The molecule has 1 amide bonds. The van der Waals surface area contributed by atoms with Gasteiger partial charge in [0.15, 0.2) is 11.6 Å². The molecule has 1 N–H and O–H groups in total. The summed E-state index contributed by atoms with van der Waals surface area (Å²) < 4.78 is 14.5. The number of nitrogens with one attached hydrogen (secondary N) is 1. The second-order valence-corrected chi connectivity index (χ2v) is 4.44. The maximum atomic E-state index is 11.5. The number of hydrogen-bond donors (Lipinski definition) is 1. The predicted octanol–water partition coefficient (Wildman–Crippen LogP) is 1.37. The molecule has 0 saturated heterocycles. The third-order valence-electron chi connectivity index (χ3n) is 1.74. The summed E-state index contributed by atoms with van der Waals surface area (Å²) in [5.41, 5.74) is -0.623. The Balaban J connectivity index is 2.80.